The van der Waals surface area contributed by atoms with Crippen molar-refractivity contribution in [1.29, 1.82) is 0 Å². The van der Waals surface area contributed by atoms with Crippen molar-refractivity contribution in [1.82, 2.24) is 9.97 Å². The molecule has 1 heterocycles. The number of alkyl halides is 3. The molecule has 0 aliphatic rings. The van der Waals surface area contributed by atoms with Crippen LogP contribution in [0.2, 0.25) is 0 Å². The van der Waals surface area contributed by atoms with E-state index in [9.17, 15) is 23.3 Å². The Morgan fingerprint density at radius 2 is 1.90 bits per heavy atom. The lowest BCUT2D eigenvalue weighted by atomic mass is 10.1. The summed E-state index contributed by atoms with van der Waals surface area (Å²) in [7, 11) is 0. The van der Waals surface area contributed by atoms with Crippen molar-refractivity contribution in [3.63, 3.8) is 0 Å². The molecular weight excluding hydrogens is 291 g/mol. The molecule has 0 aliphatic carbocycles. The van der Waals surface area contributed by atoms with Gasteiger partial charge in [-0.25, -0.2) is 4.98 Å². The molecule has 1 aromatic carbocycles. The Bertz CT molecular complexity index is 644. The van der Waals surface area contributed by atoms with Crippen LogP contribution in [0.1, 0.15) is 11.1 Å². The van der Waals surface area contributed by atoms with Crippen LogP contribution in [0.25, 0.3) is 0 Å². The lowest BCUT2D eigenvalue weighted by Crippen LogP contribution is -2.05. The highest BCUT2D eigenvalue weighted by atomic mass is 19.4. The van der Waals surface area contributed by atoms with Crippen molar-refractivity contribution in [3.05, 3.63) is 58.0 Å². The van der Waals surface area contributed by atoms with Crippen molar-refractivity contribution in [3.8, 4) is 5.88 Å². The van der Waals surface area contributed by atoms with Gasteiger partial charge in [0.15, 0.2) is 0 Å². The third-order valence-electron chi connectivity index (χ3n) is 2.51. The van der Waals surface area contributed by atoms with E-state index in [1.54, 1.807) is 0 Å². The Morgan fingerprint density at radius 3 is 2.48 bits per heavy atom. The number of nitro groups is 1. The van der Waals surface area contributed by atoms with E-state index in [0.29, 0.717) is 5.56 Å². The summed E-state index contributed by atoms with van der Waals surface area (Å²) in [5, 5.41) is 10.7. The molecule has 0 unspecified atom stereocenters. The van der Waals surface area contributed by atoms with Gasteiger partial charge in [-0.1, -0.05) is 12.1 Å². The SMILES string of the molecule is O=[N+]([O-])c1cncnc1OCc1ccc(C(F)(F)F)cc1. The maximum atomic E-state index is 12.4. The fourth-order valence-electron chi connectivity index (χ4n) is 1.49. The van der Waals surface area contributed by atoms with E-state index >= 15 is 0 Å². The van der Waals surface area contributed by atoms with Gasteiger partial charge in [0.1, 0.15) is 19.1 Å². The Balaban J connectivity index is 2.09. The molecule has 0 N–H and O–H groups in total. The number of benzene rings is 1. The van der Waals surface area contributed by atoms with Gasteiger partial charge in [-0.2, -0.15) is 18.2 Å². The molecule has 0 fully saturated rings. The molecular formula is C12H8F3N3O3. The second kappa shape index (κ2) is 5.73. The van der Waals surface area contributed by atoms with Crippen LogP contribution < -0.4 is 4.74 Å². The Hall–Kier alpha value is -2.71. The maximum Gasteiger partial charge on any atom is 0.416 e. The topological polar surface area (TPSA) is 78.2 Å². The predicted octanol–water partition coefficient (Wildman–Crippen LogP) is 2.98. The molecule has 1 aromatic heterocycles. The summed E-state index contributed by atoms with van der Waals surface area (Å²) in [5.41, 5.74) is -0.764. The number of aromatic nitrogens is 2. The summed E-state index contributed by atoms with van der Waals surface area (Å²) in [5.74, 6) is -0.241. The zero-order valence-electron chi connectivity index (χ0n) is 10.4. The normalized spacial score (nSPS) is 11.2. The minimum atomic E-state index is -4.41. The van der Waals surface area contributed by atoms with E-state index in [1.807, 2.05) is 0 Å². The van der Waals surface area contributed by atoms with E-state index in [1.165, 1.54) is 12.1 Å². The summed E-state index contributed by atoms with van der Waals surface area (Å²) >= 11 is 0. The molecule has 0 amide bonds. The van der Waals surface area contributed by atoms with Crippen LogP contribution in [0.3, 0.4) is 0 Å². The summed E-state index contributed by atoms with van der Waals surface area (Å²) < 4.78 is 42.3. The van der Waals surface area contributed by atoms with Crippen LogP contribution in [0.15, 0.2) is 36.8 Å². The predicted molar refractivity (Wildman–Crippen MR) is 64.5 cm³/mol. The van der Waals surface area contributed by atoms with E-state index in [-0.39, 0.29) is 12.5 Å². The Kier molecular flexibility index (Phi) is 4.01. The monoisotopic (exact) mass is 299 g/mol. The molecule has 2 aromatic rings. The van der Waals surface area contributed by atoms with Gasteiger partial charge in [0.25, 0.3) is 5.88 Å². The van der Waals surface area contributed by atoms with Gasteiger partial charge in [-0.3, -0.25) is 10.1 Å². The number of rotatable bonds is 4. The number of halogens is 3. The number of ether oxygens (including phenoxy) is 1. The minimum Gasteiger partial charge on any atom is -0.468 e. The van der Waals surface area contributed by atoms with Gasteiger partial charge < -0.3 is 4.74 Å². The molecule has 0 saturated carbocycles. The average Bonchev–Trinajstić information content (AvgIpc) is 2.45. The van der Waals surface area contributed by atoms with Crippen molar-refractivity contribution >= 4 is 5.69 Å². The van der Waals surface area contributed by atoms with Crippen LogP contribution >= 0.6 is 0 Å². The molecule has 2 rings (SSSR count). The Morgan fingerprint density at radius 1 is 1.24 bits per heavy atom. The van der Waals surface area contributed by atoms with E-state index in [0.717, 1.165) is 24.7 Å². The summed E-state index contributed by atoms with van der Waals surface area (Å²) in [6.45, 7) is -0.143. The van der Waals surface area contributed by atoms with Crippen LogP contribution in [-0.2, 0) is 12.8 Å². The summed E-state index contributed by atoms with van der Waals surface area (Å²) in [6, 6.07) is 4.28. The lowest BCUT2D eigenvalue weighted by molar-refractivity contribution is -0.386. The highest BCUT2D eigenvalue weighted by Gasteiger charge is 2.29. The molecule has 9 heteroatoms. The van der Waals surface area contributed by atoms with E-state index < -0.39 is 22.4 Å². The minimum absolute atomic E-state index is 0.143. The quantitative estimate of drug-likeness (QED) is 0.640. The van der Waals surface area contributed by atoms with Gasteiger partial charge in [-0.15, -0.1) is 0 Å². The zero-order valence-corrected chi connectivity index (χ0v) is 10.4. The maximum absolute atomic E-state index is 12.4. The highest BCUT2D eigenvalue weighted by Crippen LogP contribution is 2.29. The van der Waals surface area contributed by atoms with Crippen molar-refractivity contribution < 1.29 is 22.8 Å². The van der Waals surface area contributed by atoms with Crippen LogP contribution in [-0.4, -0.2) is 14.9 Å². The fraction of sp³-hybridized carbons (Fsp3) is 0.167. The van der Waals surface area contributed by atoms with E-state index in [2.05, 4.69) is 9.97 Å². The van der Waals surface area contributed by atoms with Gasteiger partial charge in [-0.05, 0) is 17.7 Å². The average molecular weight is 299 g/mol. The molecule has 6 nitrogen and oxygen atoms in total. The first-order chi connectivity index (χ1) is 9.88. The first-order valence-electron chi connectivity index (χ1n) is 5.61. The standard InChI is InChI=1S/C12H8F3N3O3/c13-12(14,15)9-3-1-8(2-4-9)6-21-11-10(18(19)20)5-16-7-17-11/h1-5,7H,6H2. The smallest absolute Gasteiger partial charge is 0.416 e. The molecule has 0 aliphatic heterocycles. The lowest BCUT2D eigenvalue weighted by Gasteiger charge is -2.08. The summed E-state index contributed by atoms with van der Waals surface area (Å²) in [6.07, 6.45) is -2.35. The molecule has 0 atom stereocenters. The van der Waals surface area contributed by atoms with Crippen molar-refractivity contribution in [2.75, 3.05) is 0 Å². The fourth-order valence-corrected chi connectivity index (χ4v) is 1.49. The van der Waals surface area contributed by atoms with E-state index in [4.69, 9.17) is 4.74 Å². The number of nitrogens with zero attached hydrogens (tertiary/aromatic N) is 3. The summed E-state index contributed by atoms with van der Waals surface area (Å²) in [4.78, 5) is 17.1. The number of hydrogen-bond donors (Lipinski definition) is 0. The van der Waals surface area contributed by atoms with Gasteiger partial charge in [0, 0.05) is 0 Å². The third kappa shape index (κ3) is 3.65. The highest BCUT2D eigenvalue weighted by molar-refractivity contribution is 5.37. The molecule has 0 radical (unpaired) electrons. The second-order valence-corrected chi connectivity index (χ2v) is 3.95. The van der Waals surface area contributed by atoms with Crippen molar-refractivity contribution in [2.24, 2.45) is 0 Å². The molecule has 0 bridgehead atoms. The molecule has 110 valence electrons. The molecule has 0 saturated heterocycles. The molecule has 0 spiro atoms. The van der Waals surface area contributed by atoms with Gasteiger partial charge in [0.2, 0.25) is 0 Å². The zero-order chi connectivity index (χ0) is 15.5. The second-order valence-electron chi connectivity index (χ2n) is 3.95. The van der Waals surface area contributed by atoms with Gasteiger partial charge in [0.05, 0.1) is 10.5 Å². The Labute approximate surface area is 116 Å². The number of hydrogen-bond acceptors (Lipinski definition) is 5. The van der Waals surface area contributed by atoms with Crippen LogP contribution in [0, 0.1) is 10.1 Å². The largest absolute Gasteiger partial charge is 0.468 e. The van der Waals surface area contributed by atoms with Crippen molar-refractivity contribution in [2.45, 2.75) is 12.8 Å². The first kappa shape index (κ1) is 14.7. The molecule has 21 heavy (non-hydrogen) atoms. The van der Waals surface area contributed by atoms with Crippen LogP contribution in [0.4, 0.5) is 18.9 Å². The third-order valence-corrected chi connectivity index (χ3v) is 2.51. The first-order valence-corrected chi connectivity index (χ1v) is 5.61. The van der Waals surface area contributed by atoms with Gasteiger partial charge >= 0.3 is 11.9 Å². The van der Waals surface area contributed by atoms with Crippen LogP contribution in [0.5, 0.6) is 5.88 Å².